The minimum atomic E-state index is -3.88. The second-order valence-corrected chi connectivity index (χ2v) is 8.88. The smallest absolute Gasteiger partial charge is 0.323 e. The molecule has 0 bridgehead atoms. The summed E-state index contributed by atoms with van der Waals surface area (Å²) in [5.41, 5.74) is 6.46. The average Bonchev–Trinajstić information content (AvgIpc) is 2.65. The van der Waals surface area contributed by atoms with Crippen molar-refractivity contribution in [2.75, 3.05) is 22.7 Å². The average molecular weight is 422 g/mol. The van der Waals surface area contributed by atoms with Crippen molar-refractivity contribution in [3.8, 4) is 5.75 Å². The quantitative estimate of drug-likeness (QED) is 0.423. The third-order valence-corrected chi connectivity index (χ3v) is 5.83. The van der Waals surface area contributed by atoms with E-state index in [-0.39, 0.29) is 11.2 Å². The predicted molar refractivity (Wildman–Crippen MR) is 116 cm³/mol. The summed E-state index contributed by atoms with van der Waals surface area (Å²) in [6.45, 7) is 6.21. The number of nitrogens with zero attached hydrogens (tertiary/aromatic N) is 1. The molecule has 1 atom stereocenters. The highest BCUT2D eigenvalue weighted by Gasteiger charge is 2.19. The van der Waals surface area contributed by atoms with Gasteiger partial charge in [0, 0.05) is 12.6 Å². The molecule has 0 heterocycles. The first-order valence-electron chi connectivity index (χ1n) is 9.28. The second kappa shape index (κ2) is 9.76. The highest BCUT2D eigenvalue weighted by molar-refractivity contribution is 7.94. The molecule has 0 aromatic heterocycles. The van der Waals surface area contributed by atoms with E-state index in [4.69, 9.17) is 10.5 Å². The maximum absolute atomic E-state index is 13.3. The number of hydrogen-bond donors (Lipinski definition) is 2. The van der Waals surface area contributed by atoms with Crippen LogP contribution in [0.2, 0.25) is 0 Å². The molecule has 3 N–H and O–H groups in total. The first-order chi connectivity index (χ1) is 13.6. The van der Waals surface area contributed by atoms with Crippen LogP contribution >= 0.6 is 0 Å². The Balaban J connectivity index is 1.92. The molecular weight excluding hydrogens is 393 g/mol. The van der Waals surface area contributed by atoms with Crippen LogP contribution in [0.4, 0.5) is 15.8 Å². The summed E-state index contributed by atoms with van der Waals surface area (Å²) >= 11 is 0. The number of ether oxygens (including phenoxy) is 1. The van der Waals surface area contributed by atoms with Crippen LogP contribution in [0.25, 0.3) is 0 Å². The molecule has 0 saturated heterocycles. The molecule has 6 nitrogen and oxygen atoms in total. The Hall–Kier alpha value is -2.58. The minimum Gasteiger partial charge on any atom is -0.494 e. The minimum absolute atomic E-state index is 0.153. The van der Waals surface area contributed by atoms with Crippen molar-refractivity contribution in [3.63, 3.8) is 0 Å². The topological polar surface area (TPSA) is 84.7 Å². The standard InChI is InChI=1S/C21H28FN3O3S/c1-4-13-21(2,23)14-6-15-28-20-11-9-19(10-12-20)25(3)29(26,27)24-18-8-5-7-17(22)16-18/h4-5,7-12,16,24H,1,6,13-15,23H2,2-3H3. The first-order valence-corrected chi connectivity index (χ1v) is 10.7. The molecule has 0 aliphatic heterocycles. The lowest BCUT2D eigenvalue weighted by molar-refractivity contribution is 0.285. The lowest BCUT2D eigenvalue weighted by atomic mass is 9.93. The van der Waals surface area contributed by atoms with Crippen molar-refractivity contribution in [3.05, 3.63) is 67.0 Å². The molecule has 0 saturated carbocycles. The van der Waals surface area contributed by atoms with Gasteiger partial charge in [0.05, 0.1) is 18.0 Å². The van der Waals surface area contributed by atoms with Gasteiger partial charge in [-0.05, 0) is 68.7 Å². The third-order valence-electron chi connectivity index (χ3n) is 4.40. The molecule has 0 aliphatic carbocycles. The van der Waals surface area contributed by atoms with E-state index in [9.17, 15) is 12.8 Å². The summed E-state index contributed by atoms with van der Waals surface area (Å²) in [4.78, 5) is 0. The molecule has 8 heteroatoms. The van der Waals surface area contributed by atoms with Crippen LogP contribution in [0.1, 0.15) is 26.2 Å². The lowest BCUT2D eigenvalue weighted by Gasteiger charge is -2.23. The summed E-state index contributed by atoms with van der Waals surface area (Å²) in [6, 6.07) is 12.0. The van der Waals surface area contributed by atoms with E-state index in [2.05, 4.69) is 11.3 Å². The van der Waals surface area contributed by atoms with Crippen molar-refractivity contribution in [1.82, 2.24) is 0 Å². The van der Waals surface area contributed by atoms with Crippen LogP contribution in [-0.4, -0.2) is 27.6 Å². The fraction of sp³-hybridized carbons (Fsp3) is 0.333. The van der Waals surface area contributed by atoms with Crippen LogP contribution < -0.4 is 19.5 Å². The van der Waals surface area contributed by atoms with Crippen molar-refractivity contribution >= 4 is 21.6 Å². The number of rotatable bonds is 11. The van der Waals surface area contributed by atoms with Crippen molar-refractivity contribution in [1.29, 1.82) is 0 Å². The number of halogens is 1. The summed E-state index contributed by atoms with van der Waals surface area (Å²) in [5, 5.41) is 0. The van der Waals surface area contributed by atoms with E-state index in [1.807, 2.05) is 13.0 Å². The van der Waals surface area contributed by atoms with Gasteiger partial charge in [0.2, 0.25) is 0 Å². The Morgan fingerprint density at radius 2 is 1.97 bits per heavy atom. The number of nitrogens with two attached hydrogens (primary N) is 1. The van der Waals surface area contributed by atoms with Crippen LogP contribution in [-0.2, 0) is 10.2 Å². The van der Waals surface area contributed by atoms with Gasteiger partial charge in [0.25, 0.3) is 0 Å². The SMILES string of the molecule is C=CCC(C)(N)CCCOc1ccc(N(C)S(=O)(=O)Nc2cccc(F)c2)cc1. The molecule has 0 amide bonds. The zero-order valence-corrected chi connectivity index (χ0v) is 17.6. The number of nitrogens with one attached hydrogen (secondary N) is 1. The molecule has 2 aromatic carbocycles. The fourth-order valence-corrected chi connectivity index (χ4v) is 3.72. The van der Waals surface area contributed by atoms with Gasteiger partial charge in [-0.1, -0.05) is 12.1 Å². The second-order valence-electron chi connectivity index (χ2n) is 7.18. The Kier molecular flexibility index (Phi) is 7.64. The normalized spacial score (nSPS) is 13.4. The first kappa shape index (κ1) is 22.7. The van der Waals surface area contributed by atoms with Crippen LogP contribution in [0.3, 0.4) is 0 Å². The van der Waals surface area contributed by atoms with Gasteiger partial charge < -0.3 is 10.5 Å². The van der Waals surface area contributed by atoms with E-state index < -0.39 is 16.0 Å². The van der Waals surface area contributed by atoms with Crippen molar-refractivity contribution < 1.29 is 17.5 Å². The van der Waals surface area contributed by atoms with E-state index in [0.29, 0.717) is 18.0 Å². The number of anilines is 2. The molecule has 0 aliphatic rings. The zero-order valence-electron chi connectivity index (χ0n) is 16.8. The predicted octanol–water partition coefficient (Wildman–Crippen LogP) is 4.07. The maximum Gasteiger partial charge on any atom is 0.323 e. The summed E-state index contributed by atoms with van der Waals surface area (Å²) in [7, 11) is -2.47. The Labute approximate surface area is 172 Å². The van der Waals surface area contributed by atoms with Gasteiger partial charge in [0.15, 0.2) is 0 Å². The molecule has 2 aromatic rings. The van der Waals surface area contributed by atoms with E-state index in [0.717, 1.165) is 29.6 Å². The Morgan fingerprint density at radius 3 is 2.59 bits per heavy atom. The van der Waals surface area contributed by atoms with Crippen LogP contribution in [0.15, 0.2) is 61.2 Å². The highest BCUT2D eigenvalue weighted by Crippen LogP contribution is 2.22. The molecule has 1 unspecified atom stereocenters. The molecule has 0 radical (unpaired) electrons. The van der Waals surface area contributed by atoms with Crippen LogP contribution in [0, 0.1) is 5.82 Å². The zero-order chi connectivity index (χ0) is 21.5. The monoisotopic (exact) mass is 421 g/mol. The van der Waals surface area contributed by atoms with Gasteiger partial charge in [-0.25, -0.2) is 4.39 Å². The molecule has 2 rings (SSSR count). The summed E-state index contributed by atoms with van der Waals surface area (Å²) in [5.74, 6) is 0.119. The van der Waals surface area contributed by atoms with Crippen LogP contribution in [0.5, 0.6) is 5.75 Å². The number of benzene rings is 2. The van der Waals surface area contributed by atoms with E-state index in [1.165, 1.54) is 25.2 Å². The summed E-state index contributed by atoms with van der Waals surface area (Å²) < 4.78 is 47.4. The van der Waals surface area contributed by atoms with Gasteiger partial charge in [-0.2, -0.15) is 8.42 Å². The van der Waals surface area contributed by atoms with Gasteiger partial charge >= 0.3 is 10.2 Å². The number of hydrogen-bond acceptors (Lipinski definition) is 4. The Morgan fingerprint density at radius 1 is 1.28 bits per heavy atom. The summed E-state index contributed by atoms with van der Waals surface area (Å²) in [6.07, 6.45) is 4.16. The third kappa shape index (κ3) is 7.07. The van der Waals surface area contributed by atoms with Gasteiger partial charge in [-0.3, -0.25) is 9.03 Å². The molecule has 158 valence electrons. The van der Waals surface area contributed by atoms with Gasteiger partial charge in [-0.15, -0.1) is 6.58 Å². The van der Waals surface area contributed by atoms with E-state index in [1.54, 1.807) is 24.3 Å². The van der Waals surface area contributed by atoms with Crippen molar-refractivity contribution in [2.45, 2.75) is 31.7 Å². The highest BCUT2D eigenvalue weighted by atomic mass is 32.2. The largest absolute Gasteiger partial charge is 0.494 e. The Bertz CT molecular complexity index is 915. The van der Waals surface area contributed by atoms with Gasteiger partial charge in [0.1, 0.15) is 11.6 Å². The molecule has 0 fully saturated rings. The molecular formula is C21H28FN3O3S. The molecule has 29 heavy (non-hydrogen) atoms. The van der Waals surface area contributed by atoms with E-state index >= 15 is 0 Å². The maximum atomic E-state index is 13.3. The fourth-order valence-electron chi connectivity index (χ4n) is 2.76. The van der Waals surface area contributed by atoms with Crippen molar-refractivity contribution in [2.24, 2.45) is 5.73 Å². The lowest BCUT2D eigenvalue weighted by Crippen LogP contribution is -2.35. The molecule has 0 spiro atoms.